The molecule has 0 aliphatic heterocycles. The highest BCUT2D eigenvalue weighted by Crippen LogP contribution is 2.48. The molecule has 0 spiro atoms. The van der Waals surface area contributed by atoms with Crippen molar-refractivity contribution >= 4 is 182 Å². The molecule has 0 radical (unpaired) electrons. The molecule has 0 saturated carbocycles. The predicted octanol–water partition coefficient (Wildman–Crippen LogP) is 32.2. The van der Waals surface area contributed by atoms with Crippen LogP contribution in [0.4, 0.5) is 51.2 Å². The molecule has 0 aliphatic carbocycles. The summed E-state index contributed by atoms with van der Waals surface area (Å²) in [4.78, 5) is 20.1. The number of nitrogens with zero attached hydrogens (tertiary/aromatic N) is 12. The van der Waals surface area contributed by atoms with Crippen LogP contribution in [-0.4, -0.2) is 42.4 Å². The third kappa shape index (κ3) is 13.7. The number of hydrogen-bond donors (Lipinski definition) is 0. The molecule has 12 heteroatoms. The molecule has 135 heavy (non-hydrogen) atoms. The fourth-order valence-electron chi connectivity index (χ4n) is 20.5. The second-order valence-corrected chi connectivity index (χ2v) is 34.0. The van der Waals surface area contributed by atoms with Crippen molar-refractivity contribution in [1.29, 1.82) is 0 Å². The fourth-order valence-corrected chi connectivity index (χ4v) is 20.5. The van der Waals surface area contributed by atoms with E-state index >= 15 is 0 Å². The average Bonchev–Trinajstić information content (AvgIpc) is 1.54. The predicted molar refractivity (Wildman–Crippen MR) is 563 cm³/mol. The van der Waals surface area contributed by atoms with Crippen molar-refractivity contribution in [3.63, 3.8) is 0 Å². The summed E-state index contributed by atoms with van der Waals surface area (Å²) in [7, 11) is 0. The van der Waals surface area contributed by atoms with Crippen LogP contribution in [0.15, 0.2) is 510 Å². The largest absolute Gasteiger partial charge is 0.310 e. The zero-order valence-corrected chi connectivity index (χ0v) is 73.4. The number of hydrogen-bond acceptors (Lipinski definition) is 6. The average molecular weight is 1730 g/mol. The topological polar surface area (TPSA) is 78.0 Å². The van der Waals surface area contributed by atoms with E-state index < -0.39 is 0 Å². The van der Waals surface area contributed by atoms with Crippen LogP contribution in [0.3, 0.4) is 0 Å². The van der Waals surface area contributed by atoms with E-state index in [0.29, 0.717) is 0 Å². The highest BCUT2D eigenvalue weighted by Gasteiger charge is 2.26. The molecule has 0 bridgehead atoms. The first kappa shape index (κ1) is 78.8. The van der Waals surface area contributed by atoms with E-state index in [-0.39, 0.29) is 0 Å². The molecule has 18 aromatic carbocycles. The molecule has 0 saturated heterocycles. The molecule has 0 unspecified atom stereocenters. The number of rotatable bonds is 15. The summed E-state index contributed by atoms with van der Waals surface area (Å²) in [5, 5.41) is 14.7. The molecule has 0 atom stereocenters. The summed E-state index contributed by atoms with van der Waals surface area (Å²) in [5.41, 5.74) is 30.9. The van der Waals surface area contributed by atoms with Crippen LogP contribution >= 0.6 is 0 Å². The molecule has 0 fully saturated rings. The van der Waals surface area contributed by atoms with Crippen molar-refractivity contribution in [2.24, 2.45) is 0 Å². The van der Waals surface area contributed by atoms with Crippen molar-refractivity contribution in [2.75, 3.05) is 14.7 Å². The fraction of sp³-hybridized carbons (Fsp3) is 0. The third-order valence-corrected chi connectivity index (χ3v) is 26.3. The van der Waals surface area contributed by atoms with E-state index in [1.165, 1.54) is 120 Å². The van der Waals surface area contributed by atoms with Gasteiger partial charge in [0.05, 0.1) is 90.0 Å². The molecular weight excluding hydrogens is 1650 g/mol. The maximum atomic E-state index is 4.42. The van der Waals surface area contributed by atoms with Crippen LogP contribution in [0, 0.1) is 0 Å². The Kier molecular flexibility index (Phi) is 19.6. The third-order valence-electron chi connectivity index (χ3n) is 26.3. The molecule has 0 N–H and O–H groups in total. The minimum atomic E-state index is 1.05. The maximum absolute atomic E-state index is 4.42. The highest BCUT2D eigenvalue weighted by atomic mass is 15.2. The van der Waals surface area contributed by atoms with Crippen molar-refractivity contribution in [3.05, 3.63) is 510 Å². The van der Waals surface area contributed by atoms with E-state index in [1.54, 1.807) is 0 Å². The van der Waals surface area contributed by atoms with Gasteiger partial charge in [0.25, 0.3) is 0 Å². The van der Waals surface area contributed by atoms with Gasteiger partial charge in [0.15, 0.2) is 0 Å². The van der Waals surface area contributed by atoms with Gasteiger partial charge in [-0.05, 0) is 255 Å². The number of para-hydroxylation sites is 12. The lowest BCUT2D eigenvalue weighted by Crippen LogP contribution is -2.09. The van der Waals surface area contributed by atoms with Crippen molar-refractivity contribution in [3.8, 4) is 34.1 Å². The van der Waals surface area contributed by atoms with Crippen LogP contribution in [0.5, 0.6) is 0 Å². The second-order valence-electron chi connectivity index (χ2n) is 34.0. The SMILES string of the molecule is c1ccc(N(c2ccc3c(c2)c2ccccc2n3-c2ccccc2)c2ccc3c(c2)c2ccccc2n3-c2cccnc2)cc1.c1ccc(N(c2ccccc2)c2ccc3c(c2)c2ccccc2n3-c2ccc3c(c2)c2ccccc2n3-c2cccnc2)cc1.c1ccc(N(c2ccccc2)c2ccc3c(c2)c2ccccc2n3-c2ccc3c(c2)c2ccccc2n3-c2ccncc2)cc1. The minimum Gasteiger partial charge on any atom is -0.310 e. The molecule has 12 nitrogen and oxygen atoms in total. The van der Waals surface area contributed by atoms with E-state index in [4.69, 9.17) is 0 Å². The van der Waals surface area contributed by atoms with Gasteiger partial charge in [-0.25, -0.2) is 0 Å². The van der Waals surface area contributed by atoms with Gasteiger partial charge >= 0.3 is 0 Å². The zero-order chi connectivity index (χ0) is 89.2. The van der Waals surface area contributed by atoms with Crippen LogP contribution in [0.25, 0.3) is 165 Å². The number of pyridine rings is 3. The van der Waals surface area contributed by atoms with Gasteiger partial charge in [-0.2, -0.15) is 0 Å². The van der Waals surface area contributed by atoms with Crippen LogP contribution in [-0.2, 0) is 0 Å². The Morgan fingerprint density at radius 3 is 0.607 bits per heavy atom. The molecule has 636 valence electrons. The van der Waals surface area contributed by atoms with E-state index in [0.717, 1.165) is 96.3 Å². The Labute approximate surface area is 778 Å². The van der Waals surface area contributed by atoms with Crippen LogP contribution < -0.4 is 14.7 Å². The highest BCUT2D eigenvalue weighted by molar-refractivity contribution is 6.17. The lowest BCUT2D eigenvalue weighted by Gasteiger charge is -2.26. The number of benzene rings is 18. The Balaban J connectivity index is 0.000000108. The molecule has 0 amide bonds. The standard InChI is InChI=1S/3C41H28N4/c1-3-12-29(13-4-1)43(31-21-23-40-36(26-31)34-17-7-9-19-38(34)44(40)30-14-5-2-6-15-30)32-22-24-41-37(27-32)35-18-8-10-20-39(35)45(41)33-16-11-25-42-28-33;1-3-12-29(13-4-1)43(30-14-5-2-6-15-30)31-21-23-40-36(26-31)34-17-7-9-19-38(34)44(40)32-22-24-41-37(27-32)35-18-8-10-20-39(35)45(41)33-16-11-25-42-28-33;1-3-11-29(12-4-1)43(30-13-5-2-6-14-30)32-19-21-41-36(27-32)35-16-8-10-18-39(35)45(41)33-20-22-40-37(28-33)34-15-7-9-17-38(34)44(40)31-23-25-42-26-24-31/h3*1-28H. The summed E-state index contributed by atoms with van der Waals surface area (Å²) in [5.74, 6) is 0. The Morgan fingerprint density at radius 1 is 0.126 bits per heavy atom. The monoisotopic (exact) mass is 1730 g/mol. The van der Waals surface area contributed by atoms with Crippen molar-refractivity contribution in [1.82, 2.24) is 42.4 Å². The molecule has 27 aromatic rings. The van der Waals surface area contributed by atoms with E-state index in [9.17, 15) is 0 Å². The Hall–Kier alpha value is -18.4. The smallest absolute Gasteiger partial charge is 0.0645 e. The zero-order valence-electron chi connectivity index (χ0n) is 73.4. The number of fused-ring (bicyclic) bond motifs is 18. The van der Waals surface area contributed by atoms with Crippen LogP contribution in [0.1, 0.15) is 0 Å². The summed E-state index contributed by atoms with van der Waals surface area (Å²) >= 11 is 0. The van der Waals surface area contributed by atoms with E-state index in [1.807, 2.05) is 49.3 Å². The Bertz CT molecular complexity index is 8520. The van der Waals surface area contributed by atoms with Crippen LogP contribution in [0.2, 0.25) is 0 Å². The van der Waals surface area contributed by atoms with Gasteiger partial charge in [-0.1, -0.05) is 218 Å². The molecule has 9 heterocycles. The maximum Gasteiger partial charge on any atom is 0.0645 e. The molecule has 0 aliphatic rings. The number of anilines is 9. The van der Waals surface area contributed by atoms with Crippen molar-refractivity contribution < 1.29 is 0 Å². The summed E-state index contributed by atoms with van der Waals surface area (Å²) in [6.45, 7) is 0. The second kappa shape index (κ2) is 33.6. The minimum absolute atomic E-state index is 1.05. The first-order chi connectivity index (χ1) is 67.0. The number of aromatic nitrogens is 9. The van der Waals surface area contributed by atoms with Gasteiger partial charge in [-0.15, -0.1) is 0 Å². The van der Waals surface area contributed by atoms with Gasteiger partial charge < -0.3 is 42.1 Å². The Morgan fingerprint density at radius 2 is 0.333 bits per heavy atom. The summed E-state index contributed by atoms with van der Waals surface area (Å²) in [6, 6.07) is 169. The molecule has 27 rings (SSSR count). The van der Waals surface area contributed by atoms with Gasteiger partial charge in [-0.3, -0.25) is 15.0 Å². The lowest BCUT2D eigenvalue weighted by molar-refractivity contribution is 1.14. The first-order valence-corrected chi connectivity index (χ1v) is 45.7. The molecular formula is C123H84N12. The van der Waals surface area contributed by atoms with Gasteiger partial charge in [0.1, 0.15) is 0 Å². The van der Waals surface area contributed by atoms with Gasteiger partial charge in [0.2, 0.25) is 0 Å². The summed E-state index contributed by atoms with van der Waals surface area (Å²) in [6.07, 6.45) is 11.2. The van der Waals surface area contributed by atoms with Gasteiger partial charge in [0, 0.05) is 163 Å². The molecule has 9 aromatic heterocycles. The quantitative estimate of drug-likeness (QED) is 0.102. The summed E-state index contributed by atoms with van der Waals surface area (Å²) < 4.78 is 14.1. The lowest BCUT2D eigenvalue weighted by atomic mass is 10.1. The van der Waals surface area contributed by atoms with Crippen molar-refractivity contribution in [2.45, 2.75) is 0 Å². The van der Waals surface area contributed by atoms with E-state index in [2.05, 4.69) is 518 Å². The normalized spacial score (nSPS) is 11.6. The first-order valence-electron chi connectivity index (χ1n) is 45.7.